The zero-order valence-corrected chi connectivity index (χ0v) is 7.64. The number of hydrogen-bond donors (Lipinski definition) is 1. The summed E-state index contributed by atoms with van der Waals surface area (Å²) in [6.45, 7) is 1.88. The second-order valence-electron chi connectivity index (χ2n) is 2.00. The monoisotopic (exact) mass is 246 g/mol. The molecule has 0 unspecified atom stereocenters. The van der Waals surface area contributed by atoms with E-state index in [-0.39, 0.29) is 10.5 Å². The highest BCUT2D eigenvalue weighted by molar-refractivity contribution is 14.1. The Hall–Kier alpha value is 0.620. The van der Waals surface area contributed by atoms with Crippen LogP contribution in [0.2, 0.25) is 0 Å². The normalized spacial score (nSPS) is 17.3. The van der Waals surface area contributed by atoms with Gasteiger partial charge in [-0.1, -0.05) is 35.9 Å². The number of alkyl halides is 2. The molecule has 3 heteroatoms. The first-order valence-corrected chi connectivity index (χ1v) is 4.36. The predicted molar refractivity (Wildman–Crippen MR) is 44.7 cm³/mol. The number of aliphatic hydroxyl groups is 1. The van der Waals surface area contributed by atoms with Crippen LogP contribution in [-0.2, 0) is 0 Å². The number of rotatable bonds is 4. The van der Waals surface area contributed by atoms with Gasteiger partial charge in [0.2, 0.25) is 0 Å². The van der Waals surface area contributed by atoms with E-state index in [4.69, 9.17) is 5.11 Å². The smallest absolute Gasteiger partial charge is 0.114 e. The van der Waals surface area contributed by atoms with Crippen LogP contribution in [0.4, 0.5) is 4.39 Å². The molecule has 0 aliphatic heterocycles. The van der Waals surface area contributed by atoms with Crippen molar-refractivity contribution in [3.05, 3.63) is 0 Å². The van der Waals surface area contributed by atoms with Crippen molar-refractivity contribution in [2.75, 3.05) is 6.61 Å². The minimum atomic E-state index is -0.833. The van der Waals surface area contributed by atoms with Gasteiger partial charge in [-0.2, -0.15) is 0 Å². The fourth-order valence-electron chi connectivity index (χ4n) is 0.571. The summed E-state index contributed by atoms with van der Waals surface area (Å²) < 4.78 is 12.4. The Kier molecular flexibility index (Phi) is 5.78. The van der Waals surface area contributed by atoms with Gasteiger partial charge in [0.25, 0.3) is 0 Å². The summed E-state index contributed by atoms with van der Waals surface area (Å²) in [5, 5.41) is 8.48. The standard InChI is InChI=1S/C6H12FIO/c1-2-3-5(7)6(8)4-9/h5-6,9H,2-4H2,1H3/t5-,6+/m0/s1. The summed E-state index contributed by atoms with van der Waals surface area (Å²) in [5.74, 6) is 0. The highest BCUT2D eigenvalue weighted by Crippen LogP contribution is 2.14. The summed E-state index contributed by atoms with van der Waals surface area (Å²) in [6.07, 6.45) is 0.579. The molecule has 0 bridgehead atoms. The molecule has 0 aromatic carbocycles. The van der Waals surface area contributed by atoms with Crippen molar-refractivity contribution < 1.29 is 9.50 Å². The van der Waals surface area contributed by atoms with Crippen LogP contribution in [0.15, 0.2) is 0 Å². The molecule has 9 heavy (non-hydrogen) atoms. The van der Waals surface area contributed by atoms with Gasteiger partial charge in [-0.3, -0.25) is 0 Å². The first-order valence-electron chi connectivity index (χ1n) is 3.11. The Labute approximate surface area is 68.8 Å². The fourth-order valence-corrected chi connectivity index (χ4v) is 0.931. The summed E-state index contributed by atoms with van der Waals surface area (Å²) in [5.41, 5.74) is 0. The Morgan fingerprint density at radius 3 is 2.56 bits per heavy atom. The van der Waals surface area contributed by atoms with Crippen molar-refractivity contribution in [3.8, 4) is 0 Å². The van der Waals surface area contributed by atoms with Crippen LogP contribution in [0.1, 0.15) is 19.8 Å². The Balaban J connectivity index is 3.32. The van der Waals surface area contributed by atoms with Crippen LogP contribution in [0.25, 0.3) is 0 Å². The molecular formula is C6H12FIO. The molecule has 0 heterocycles. The highest BCUT2D eigenvalue weighted by atomic mass is 127. The molecule has 0 aliphatic rings. The highest BCUT2D eigenvalue weighted by Gasteiger charge is 2.14. The van der Waals surface area contributed by atoms with E-state index in [2.05, 4.69) is 0 Å². The van der Waals surface area contributed by atoms with Gasteiger partial charge in [-0.05, 0) is 6.42 Å². The molecule has 2 atom stereocenters. The molecule has 56 valence electrons. The van der Waals surface area contributed by atoms with Crippen LogP contribution in [-0.4, -0.2) is 21.8 Å². The quantitative estimate of drug-likeness (QED) is 0.593. The van der Waals surface area contributed by atoms with Gasteiger partial charge in [0.05, 0.1) is 10.5 Å². The van der Waals surface area contributed by atoms with Crippen LogP contribution < -0.4 is 0 Å². The van der Waals surface area contributed by atoms with Gasteiger partial charge in [0.15, 0.2) is 0 Å². The molecule has 0 saturated carbocycles. The van der Waals surface area contributed by atoms with Gasteiger partial charge in [-0.15, -0.1) is 0 Å². The Bertz CT molecular complexity index is 70.1. The lowest BCUT2D eigenvalue weighted by molar-refractivity contribution is 0.227. The minimum absolute atomic E-state index is 0.0538. The van der Waals surface area contributed by atoms with E-state index < -0.39 is 6.17 Å². The lowest BCUT2D eigenvalue weighted by Gasteiger charge is -2.10. The van der Waals surface area contributed by atoms with Gasteiger partial charge in [0.1, 0.15) is 6.17 Å². The maximum Gasteiger partial charge on any atom is 0.114 e. The van der Waals surface area contributed by atoms with E-state index in [1.54, 1.807) is 0 Å². The van der Waals surface area contributed by atoms with Crippen LogP contribution in [0, 0.1) is 0 Å². The van der Waals surface area contributed by atoms with Gasteiger partial charge < -0.3 is 5.11 Å². The zero-order chi connectivity index (χ0) is 7.28. The second-order valence-corrected chi connectivity index (χ2v) is 3.60. The van der Waals surface area contributed by atoms with Crippen molar-refractivity contribution in [2.24, 2.45) is 0 Å². The Morgan fingerprint density at radius 2 is 2.22 bits per heavy atom. The molecule has 0 aromatic rings. The van der Waals surface area contributed by atoms with Crippen molar-refractivity contribution in [1.82, 2.24) is 0 Å². The summed E-state index contributed by atoms with van der Waals surface area (Å²) in [4.78, 5) is 0. The van der Waals surface area contributed by atoms with E-state index in [1.807, 2.05) is 29.5 Å². The maximum absolute atomic E-state index is 12.6. The third kappa shape index (κ3) is 4.08. The van der Waals surface area contributed by atoms with Crippen molar-refractivity contribution in [2.45, 2.75) is 29.9 Å². The van der Waals surface area contributed by atoms with Crippen molar-refractivity contribution in [3.63, 3.8) is 0 Å². The van der Waals surface area contributed by atoms with E-state index in [0.29, 0.717) is 6.42 Å². The molecular weight excluding hydrogens is 234 g/mol. The van der Waals surface area contributed by atoms with E-state index in [0.717, 1.165) is 6.42 Å². The van der Waals surface area contributed by atoms with E-state index in [1.165, 1.54) is 0 Å². The summed E-state index contributed by atoms with van der Waals surface area (Å²) in [7, 11) is 0. The van der Waals surface area contributed by atoms with Crippen molar-refractivity contribution >= 4 is 22.6 Å². The molecule has 1 N–H and O–H groups in total. The number of halogens is 2. The van der Waals surface area contributed by atoms with Gasteiger partial charge >= 0.3 is 0 Å². The maximum atomic E-state index is 12.6. The predicted octanol–water partition coefficient (Wildman–Crippen LogP) is 1.92. The van der Waals surface area contributed by atoms with Crippen LogP contribution in [0.3, 0.4) is 0 Å². The molecule has 0 amide bonds. The molecule has 1 nitrogen and oxygen atoms in total. The second kappa shape index (κ2) is 5.41. The average Bonchev–Trinajstić information content (AvgIpc) is 1.87. The van der Waals surface area contributed by atoms with Crippen LogP contribution in [0.5, 0.6) is 0 Å². The number of aliphatic hydroxyl groups excluding tert-OH is 1. The third-order valence-corrected chi connectivity index (χ3v) is 2.31. The SMILES string of the molecule is CCC[C@H](F)[C@H](I)CO. The molecule has 0 spiro atoms. The Morgan fingerprint density at radius 1 is 1.67 bits per heavy atom. The molecule has 0 fully saturated rings. The van der Waals surface area contributed by atoms with Gasteiger partial charge in [0, 0.05) is 0 Å². The first-order chi connectivity index (χ1) is 4.22. The van der Waals surface area contributed by atoms with Crippen LogP contribution >= 0.6 is 22.6 Å². The number of hydrogen-bond acceptors (Lipinski definition) is 1. The lowest BCUT2D eigenvalue weighted by Crippen LogP contribution is -2.18. The fraction of sp³-hybridized carbons (Fsp3) is 1.00. The summed E-state index contributed by atoms with van der Waals surface area (Å²) in [6, 6.07) is 0. The molecule has 0 rings (SSSR count). The topological polar surface area (TPSA) is 20.2 Å². The van der Waals surface area contributed by atoms with Gasteiger partial charge in [-0.25, -0.2) is 4.39 Å². The molecule has 0 radical (unpaired) electrons. The summed E-state index contributed by atoms with van der Waals surface area (Å²) >= 11 is 1.93. The average molecular weight is 246 g/mol. The molecule has 0 aliphatic carbocycles. The zero-order valence-electron chi connectivity index (χ0n) is 5.48. The van der Waals surface area contributed by atoms with Crippen molar-refractivity contribution in [1.29, 1.82) is 0 Å². The first kappa shape index (κ1) is 9.62. The minimum Gasteiger partial charge on any atom is -0.395 e. The van der Waals surface area contributed by atoms with E-state index in [9.17, 15) is 4.39 Å². The molecule has 0 saturated heterocycles. The third-order valence-electron chi connectivity index (χ3n) is 1.13. The molecule has 0 aromatic heterocycles. The lowest BCUT2D eigenvalue weighted by atomic mass is 10.2. The largest absolute Gasteiger partial charge is 0.395 e. The van der Waals surface area contributed by atoms with E-state index >= 15 is 0 Å².